The summed E-state index contributed by atoms with van der Waals surface area (Å²) >= 11 is 0. The van der Waals surface area contributed by atoms with E-state index in [1.54, 1.807) is 13.0 Å². The molecule has 5 heteroatoms. The number of carbonyl (C=O) groups is 1. The number of nitrogens with zero attached hydrogens (tertiary/aromatic N) is 2. The summed E-state index contributed by atoms with van der Waals surface area (Å²) in [6, 6.07) is 1.12. The summed E-state index contributed by atoms with van der Waals surface area (Å²) in [6.07, 6.45) is 1.44. The summed E-state index contributed by atoms with van der Waals surface area (Å²) in [5.74, 6) is -0.0583. The SMILES string of the molecule is CC(C)c1cc(N[C@@H](C)C(=O)O)ncn1. The van der Waals surface area contributed by atoms with Crippen LogP contribution in [0, 0.1) is 0 Å². The predicted molar refractivity (Wildman–Crippen MR) is 56.8 cm³/mol. The van der Waals surface area contributed by atoms with E-state index in [0.29, 0.717) is 11.7 Å². The highest BCUT2D eigenvalue weighted by molar-refractivity contribution is 5.76. The second-order valence-electron chi connectivity index (χ2n) is 3.69. The van der Waals surface area contributed by atoms with Crippen LogP contribution in [0.15, 0.2) is 12.4 Å². The normalized spacial score (nSPS) is 12.5. The standard InChI is InChI=1S/C10H15N3O2/c1-6(2)8-4-9(12-5-11-8)13-7(3)10(14)15/h4-7H,1-3H3,(H,14,15)(H,11,12,13)/t7-/m0/s1. The fraction of sp³-hybridized carbons (Fsp3) is 0.500. The van der Waals surface area contributed by atoms with Crippen LogP contribution in [0.2, 0.25) is 0 Å². The second-order valence-corrected chi connectivity index (χ2v) is 3.69. The van der Waals surface area contributed by atoms with Crippen molar-refractivity contribution >= 4 is 11.8 Å². The molecular weight excluding hydrogens is 194 g/mol. The van der Waals surface area contributed by atoms with Crippen LogP contribution in [0.1, 0.15) is 32.4 Å². The Bertz CT molecular complexity index is 352. The molecule has 1 rings (SSSR count). The van der Waals surface area contributed by atoms with Crippen LogP contribution < -0.4 is 5.32 Å². The lowest BCUT2D eigenvalue weighted by Gasteiger charge is -2.11. The van der Waals surface area contributed by atoms with Crippen molar-refractivity contribution in [3.8, 4) is 0 Å². The second kappa shape index (κ2) is 4.72. The Balaban J connectivity index is 2.78. The van der Waals surface area contributed by atoms with Gasteiger partial charge in [0.05, 0.1) is 0 Å². The van der Waals surface area contributed by atoms with E-state index < -0.39 is 12.0 Å². The van der Waals surface area contributed by atoms with Gasteiger partial charge < -0.3 is 10.4 Å². The molecule has 5 nitrogen and oxygen atoms in total. The first-order chi connectivity index (χ1) is 7.00. The summed E-state index contributed by atoms with van der Waals surface area (Å²) in [7, 11) is 0. The number of hydrogen-bond acceptors (Lipinski definition) is 4. The van der Waals surface area contributed by atoms with Gasteiger partial charge in [0.15, 0.2) is 0 Å². The number of nitrogens with one attached hydrogen (secondary N) is 1. The third kappa shape index (κ3) is 3.19. The van der Waals surface area contributed by atoms with Gasteiger partial charge in [0.1, 0.15) is 18.2 Å². The van der Waals surface area contributed by atoms with Gasteiger partial charge in [-0.05, 0) is 12.8 Å². The number of carboxylic acid groups (broad SMARTS) is 1. The van der Waals surface area contributed by atoms with Crippen molar-refractivity contribution in [2.24, 2.45) is 0 Å². The first-order valence-corrected chi connectivity index (χ1v) is 4.82. The molecule has 15 heavy (non-hydrogen) atoms. The van der Waals surface area contributed by atoms with Crippen molar-refractivity contribution in [3.63, 3.8) is 0 Å². The summed E-state index contributed by atoms with van der Waals surface area (Å²) < 4.78 is 0. The molecule has 0 saturated heterocycles. The summed E-state index contributed by atoms with van der Waals surface area (Å²) in [5, 5.41) is 11.5. The van der Waals surface area contributed by atoms with E-state index in [2.05, 4.69) is 15.3 Å². The van der Waals surface area contributed by atoms with Gasteiger partial charge in [0.2, 0.25) is 0 Å². The van der Waals surface area contributed by atoms with Crippen molar-refractivity contribution in [2.45, 2.75) is 32.7 Å². The largest absolute Gasteiger partial charge is 0.480 e. The Morgan fingerprint density at radius 1 is 1.40 bits per heavy atom. The number of hydrogen-bond donors (Lipinski definition) is 2. The molecule has 0 aliphatic rings. The molecule has 0 radical (unpaired) electrons. The van der Waals surface area contributed by atoms with Crippen LogP contribution in [-0.4, -0.2) is 27.1 Å². The molecule has 1 atom stereocenters. The first-order valence-electron chi connectivity index (χ1n) is 4.82. The van der Waals surface area contributed by atoms with Crippen LogP contribution in [-0.2, 0) is 4.79 Å². The van der Waals surface area contributed by atoms with Gasteiger partial charge in [0, 0.05) is 11.8 Å². The van der Waals surface area contributed by atoms with Gasteiger partial charge in [-0.2, -0.15) is 0 Å². The Morgan fingerprint density at radius 3 is 2.60 bits per heavy atom. The fourth-order valence-electron chi connectivity index (χ4n) is 1.05. The van der Waals surface area contributed by atoms with E-state index in [4.69, 9.17) is 5.11 Å². The summed E-state index contributed by atoms with van der Waals surface area (Å²) in [5.41, 5.74) is 0.894. The molecule has 0 spiro atoms. The highest BCUT2D eigenvalue weighted by Crippen LogP contribution is 2.14. The minimum absolute atomic E-state index is 0.300. The topological polar surface area (TPSA) is 75.1 Å². The quantitative estimate of drug-likeness (QED) is 0.785. The van der Waals surface area contributed by atoms with Gasteiger partial charge in [-0.3, -0.25) is 4.79 Å². The molecular formula is C10H15N3O2. The minimum Gasteiger partial charge on any atom is -0.480 e. The molecule has 0 amide bonds. The Morgan fingerprint density at radius 2 is 2.07 bits per heavy atom. The molecule has 82 valence electrons. The monoisotopic (exact) mass is 209 g/mol. The van der Waals surface area contributed by atoms with Gasteiger partial charge in [-0.1, -0.05) is 13.8 Å². The molecule has 0 aromatic carbocycles. The Labute approximate surface area is 88.6 Å². The Hall–Kier alpha value is -1.65. The van der Waals surface area contributed by atoms with Gasteiger partial charge >= 0.3 is 5.97 Å². The van der Waals surface area contributed by atoms with E-state index in [-0.39, 0.29) is 0 Å². The zero-order valence-corrected chi connectivity index (χ0v) is 9.06. The molecule has 2 N–H and O–H groups in total. The molecule has 0 bridgehead atoms. The summed E-state index contributed by atoms with van der Waals surface area (Å²) in [6.45, 7) is 5.61. The number of anilines is 1. The van der Waals surface area contributed by atoms with Crippen molar-refractivity contribution in [1.29, 1.82) is 0 Å². The highest BCUT2D eigenvalue weighted by atomic mass is 16.4. The third-order valence-corrected chi connectivity index (χ3v) is 2.01. The molecule has 1 aromatic heterocycles. The van der Waals surface area contributed by atoms with E-state index in [9.17, 15) is 4.79 Å². The lowest BCUT2D eigenvalue weighted by atomic mass is 10.1. The van der Waals surface area contributed by atoms with Crippen LogP contribution >= 0.6 is 0 Å². The number of carboxylic acids is 1. The van der Waals surface area contributed by atoms with E-state index in [1.165, 1.54) is 6.33 Å². The Kier molecular flexibility index (Phi) is 3.60. The molecule has 0 saturated carbocycles. The highest BCUT2D eigenvalue weighted by Gasteiger charge is 2.11. The maximum atomic E-state index is 10.6. The molecule has 1 heterocycles. The molecule has 0 aliphatic heterocycles. The fourth-order valence-corrected chi connectivity index (χ4v) is 1.05. The van der Waals surface area contributed by atoms with Gasteiger partial charge in [-0.15, -0.1) is 0 Å². The van der Waals surface area contributed by atoms with Crippen LogP contribution in [0.25, 0.3) is 0 Å². The minimum atomic E-state index is -0.903. The zero-order valence-electron chi connectivity index (χ0n) is 9.06. The lowest BCUT2D eigenvalue weighted by Crippen LogP contribution is -2.26. The van der Waals surface area contributed by atoms with Crippen molar-refractivity contribution in [3.05, 3.63) is 18.1 Å². The van der Waals surface area contributed by atoms with Crippen LogP contribution in [0.4, 0.5) is 5.82 Å². The number of rotatable bonds is 4. The van der Waals surface area contributed by atoms with E-state index in [0.717, 1.165) is 5.69 Å². The maximum absolute atomic E-state index is 10.6. The van der Waals surface area contributed by atoms with Gasteiger partial charge in [0.25, 0.3) is 0 Å². The average Bonchev–Trinajstić information content (AvgIpc) is 2.18. The average molecular weight is 209 g/mol. The van der Waals surface area contributed by atoms with Crippen LogP contribution in [0.3, 0.4) is 0 Å². The maximum Gasteiger partial charge on any atom is 0.325 e. The van der Waals surface area contributed by atoms with E-state index in [1.807, 2.05) is 13.8 Å². The van der Waals surface area contributed by atoms with Crippen molar-refractivity contribution < 1.29 is 9.90 Å². The molecule has 0 fully saturated rings. The first kappa shape index (κ1) is 11.4. The third-order valence-electron chi connectivity index (χ3n) is 2.01. The smallest absolute Gasteiger partial charge is 0.325 e. The van der Waals surface area contributed by atoms with E-state index >= 15 is 0 Å². The van der Waals surface area contributed by atoms with Crippen molar-refractivity contribution in [1.82, 2.24) is 9.97 Å². The van der Waals surface area contributed by atoms with Gasteiger partial charge in [-0.25, -0.2) is 9.97 Å². The number of aliphatic carboxylic acids is 1. The summed E-state index contributed by atoms with van der Waals surface area (Å²) in [4.78, 5) is 18.7. The van der Waals surface area contributed by atoms with Crippen LogP contribution in [0.5, 0.6) is 0 Å². The zero-order chi connectivity index (χ0) is 11.4. The number of aromatic nitrogens is 2. The molecule has 0 aliphatic carbocycles. The lowest BCUT2D eigenvalue weighted by molar-refractivity contribution is -0.137. The predicted octanol–water partition coefficient (Wildman–Crippen LogP) is 1.48. The van der Waals surface area contributed by atoms with Crippen molar-refractivity contribution in [2.75, 3.05) is 5.32 Å². The molecule has 1 aromatic rings. The molecule has 0 unspecified atom stereocenters.